The van der Waals surface area contributed by atoms with Crippen LogP contribution < -0.4 is 4.31 Å². The zero-order valence-corrected chi connectivity index (χ0v) is 21.3. The van der Waals surface area contributed by atoms with E-state index >= 15 is 0 Å². The van der Waals surface area contributed by atoms with E-state index in [2.05, 4.69) is 41.4 Å². The van der Waals surface area contributed by atoms with E-state index in [0.717, 1.165) is 44.1 Å². The number of sulfonamides is 1. The smallest absolute Gasteiger partial charge is 0.264 e. The highest BCUT2D eigenvalue weighted by atomic mass is 32.2. The number of hydrogen-bond donors (Lipinski definition) is 1. The standard InChI is InChI=1S/C31H25N3O2S/c1-19-15-17-21(18-16-19)37(35,36)34-20(2)28(26-13-7-8-14-27(26)34)31-32-29-24-11-5-3-9-22(24)23-10-4-6-12-25(23)30(29)33-31/h3-18,20,28H,1-2H3,(H,32,33). The normalized spacial score (nSPS) is 17.6. The monoisotopic (exact) mass is 503 g/mol. The number of H-pyrrole nitrogens is 1. The number of imidazole rings is 1. The van der Waals surface area contributed by atoms with Gasteiger partial charge in [-0.1, -0.05) is 84.4 Å². The van der Waals surface area contributed by atoms with E-state index < -0.39 is 10.0 Å². The Morgan fingerprint density at radius 3 is 2.08 bits per heavy atom. The van der Waals surface area contributed by atoms with E-state index in [1.165, 1.54) is 5.39 Å². The van der Waals surface area contributed by atoms with Crippen molar-refractivity contribution in [1.82, 2.24) is 9.97 Å². The van der Waals surface area contributed by atoms with Crippen molar-refractivity contribution < 1.29 is 8.42 Å². The van der Waals surface area contributed by atoms with Crippen molar-refractivity contribution in [3.8, 4) is 0 Å². The molecule has 7 rings (SSSR count). The molecule has 1 aliphatic rings. The number of para-hydroxylation sites is 1. The summed E-state index contributed by atoms with van der Waals surface area (Å²) in [6.07, 6.45) is 0. The molecule has 0 bridgehead atoms. The minimum absolute atomic E-state index is 0.235. The number of anilines is 1. The summed E-state index contributed by atoms with van der Waals surface area (Å²) in [4.78, 5) is 9.07. The third-order valence-corrected chi connectivity index (χ3v) is 9.54. The van der Waals surface area contributed by atoms with Gasteiger partial charge in [0.25, 0.3) is 10.0 Å². The quantitative estimate of drug-likeness (QED) is 0.267. The Bertz CT molecular complexity index is 1870. The number of nitrogens with zero attached hydrogens (tertiary/aromatic N) is 2. The van der Waals surface area contributed by atoms with Crippen LogP contribution in [0.25, 0.3) is 32.6 Å². The third kappa shape index (κ3) is 3.15. The molecule has 1 aromatic heterocycles. The van der Waals surface area contributed by atoms with Crippen LogP contribution in [0.5, 0.6) is 0 Å². The van der Waals surface area contributed by atoms with Gasteiger partial charge in [0.1, 0.15) is 5.82 Å². The minimum atomic E-state index is -3.77. The molecule has 1 aliphatic heterocycles. The molecule has 0 saturated heterocycles. The Balaban J connectivity index is 1.45. The molecule has 37 heavy (non-hydrogen) atoms. The molecule has 182 valence electrons. The number of aromatic amines is 1. The summed E-state index contributed by atoms with van der Waals surface area (Å²) >= 11 is 0. The average molecular weight is 504 g/mol. The minimum Gasteiger partial charge on any atom is -0.341 e. The largest absolute Gasteiger partial charge is 0.341 e. The van der Waals surface area contributed by atoms with Crippen LogP contribution in [-0.2, 0) is 10.0 Å². The lowest BCUT2D eigenvalue weighted by atomic mass is 9.95. The van der Waals surface area contributed by atoms with Crippen molar-refractivity contribution >= 4 is 48.3 Å². The van der Waals surface area contributed by atoms with Gasteiger partial charge in [-0.05, 0) is 48.4 Å². The molecule has 6 aromatic rings. The number of hydrogen-bond acceptors (Lipinski definition) is 3. The van der Waals surface area contributed by atoms with Crippen molar-refractivity contribution in [2.45, 2.75) is 30.7 Å². The summed E-state index contributed by atoms with van der Waals surface area (Å²) in [5.74, 6) is 0.541. The van der Waals surface area contributed by atoms with Crippen molar-refractivity contribution in [2.75, 3.05) is 4.31 Å². The van der Waals surface area contributed by atoms with Gasteiger partial charge in [-0.15, -0.1) is 0 Å². The van der Waals surface area contributed by atoms with Crippen LogP contribution in [-0.4, -0.2) is 24.4 Å². The maximum atomic E-state index is 13.9. The third-order valence-electron chi connectivity index (χ3n) is 7.62. The van der Waals surface area contributed by atoms with Crippen LogP contribution in [0.1, 0.15) is 29.8 Å². The fraction of sp³-hybridized carbons (Fsp3) is 0.129. The molecule has 1 N–H and O–H groups in total. The van der Waals surface area contributed by atoms with Crippen molar-refractivity contribution in [1.29, 1.82) is 0 Å². The molecule has 2 atom stereocenters. The van der Waals surface area contributed by atoms with Crippen molar-refractivity contribution in [3.05, 3.63) is 114 Å². The maximum Gasteiger partial charge on any atom is 0.264 e. The highest BCUT2D eigenvalue weighted by molar-refractivity contribution is 7.92. The summed E-state index contributed by atoms with van der Waals surface area (Å²) < 4.78 is 29.4. The Labute approximate surface area is 215 Å². The fourth-order valence-corrected chi connectivity index (χ4v) is 7.59. The summed E-state index contributed by atoms with van der Waals surface area (Å²) in [5, 5.41) is 4.52. The van der Waals surface area contributed by atoms with Gasteiger partial charge in [0, 0.05) is 10.8 Å². The van der Waals surface area contributed by atoms with Crippen molar-refractivity contribution in [2.24, 2.45) is 0 Å². The molecular formula is C31H25N3O2S. The van der Waals surface area contributed by atoms with Gasteiger partial charge in [-0.3, -0.25) is 4.31 Å². The molecule has 6 heteroatoms. The van der Waals surface area contributed by atoms with E-state index in [1.807, 2.05) is 62.4 Å². The molecular weight excluding hydrogens is 478 g/mol. The van der Waals surface area contributed by atoms with E-state index in [4.69, 9.17) is 4.98 Å². The van der Waals surface area contributed by atoms with Crippen LogP contribution >= 0.6 is 0 Å². The summed E-state index contributed by atoms with van der Waals surface area (Å²) in [6, 6.07) is 31.2. The number of nitrogens with one attached hydrogen (secondary N) is 1. The Morgan fingerprint density at radius 2 is 1.35 bits per heavy atom. The second-order valence-electron chi connectivity index (χ2n) is 9.83. The molecule has 0 saturated carbocycles. The summed E-state index contributed by atoms with van der Waals surface area (Å²) in [6.45, 7) is 3.93. The van der Waals surface area contributed by atoms with Gasteiger partial charge in [0.2, 0.25) is 0 Å². The first-order valence-electron chi connectivity index (χ1n) is 12.4. The van der Waals surface area contributed by atoms with Crippen LogP contribution in [0.15, 0.2) is 102 Å². The Morgan fingerprint density at radius 1 is 0.757 bits per heavy atom. The van der Waals surface area contributed by atoms with Gasteiger partial charge >= 0.3 is 0 Å². The molecule has 2 unspecified atom stereocenters. The number of aromatic nitrogens is 2. The molecule has 2 heterocycles. The number of rotatable bonds is 3. The zero-order chi connectivity index (χ0) is 25.3. The van der Waals surface area contributed by atoms with Gasteiger partial charge in [0.05, 0.1) is 33.6 Å². The van der Waals surface area contributed by atoms with E-state index in [0.29, 0.717) is 10.6 Å². The van der Waals surface area contributed by atoms with Gasteiger partial charge in [-0.2, -0.15) is 0 Å². The fourth-order valence-electron chi connectivity index (χ4n) is 5.90. The predicted molar refractivity (Wildman–Crippen MR) is 150 cm³/mol. The average Bonchev–Trinajstić information content (AvgIpc) is 3.48. The molecule has 0 fully saturated rings. The molecule has 0 amide bonds. The first-order chi connectivity index (χ1) is 17.9. The van der Waals surface area contributed by atoms with Crippen molar-refractivity contribution in [3.63, 3.8) is 0 Å². The number of benzene rings is 5. The lowest BCUT2D eigenvalue weighted by molar-refractivity contribution is 0.574. The van der Waals surface area contributed by atoms with Gasteiger partial charge in [0.15, 0.2) is 0 Å². The first kappa shape index (κ1) is 22.1. The van der Waals surface area contributed by atoms with Crippen LogP contribution in [0.2, 0.25) is 0 Å². The molecule has 0 aliphatic carbocycles. The van der Waals surface area contributed by atoms with Gasteiger partial charge in [-0.25, -0.2) is 13.4 Å². The highest BCUT2D eigenvalue weighted by Crippen LogP contribution is 2.47. The number of fused-ring (bicyclic) bond motifs is 7. The maximum absolute atomic E-state index is 13.9. The molecule has 0 radical (unpaired) electrons. The van der Waals surface area contributed by atoms with Crippen LogP contribution in [0.3, 0.4) is 0 Å². The lowest BCUT2D eigenvalue weighted by Crippen LogP contribution is -2.37. The van der Waals surface area contributed by atoms with E-state index in [9.17, 15) is 8.42 Å². The van der Waals surface area contributed by atoms with Gasteiger partial charge < -0.3 is 4.98 Å². The topological polar surface area (TPSA) is 66.1 Å². The second kappa shape index (κ2) is 7.92. The second-order valence-corrected chi connectivity index (χ2v) is 11.6. The lowest BCUT2D eigenvalue weighted by Gasteiger charge is -2.26. The molecule has 0 spiro atoms. The molecule has 5 nitrogen and oxygen atoms in total. The molecule has 5 aromatic carbocycles. The van der Waals surface area contributed by atoms with Crippen LogP contribution in [0.4, 0.5) is 5.69 Å². The zero-order valence-electron chi connectivity index (χ0n) is 20.5. The van der Waals surface area contributed by atoms with E-state index in [1.54, 1.807) is 16.4 Å². The van der Waals surface area contributed by atoms with E-state index in [-0.39, 0.29) is 12.0 Å². The first-order valence-corrected chi connectivity index (χ1v) is 13.9. The van der Waals surface area contributed by atoms with Crippen LogP contribution in [0, 0.1) is 6.92 Å². The Hall–Kier alpha value is -4.16. The summed E-state index contributed by atoms with van der Waals surface area (Å²) in [7, 11) is -3.77. The summed E-state index contributed by atoms with van der Waals surface area (Å²) in [5.41, 5.74) is 4.57. The number of aryl methyl sites for hydroxylation is 1. The SMILES string of the molecule is Cc1ccc(S(=O)(=O)N2c3ccccc3C(c3nc4c5ccccc5c5ccccc5c4[nH]3)C2C)cc1. The Kier molecular flexibility index (Phi) is 4.72. The predicted octanol–water partition coefficient (Wildman–Crippen LogP) is 6.91. The highest BCUT2D eigenvalue weighted by Gasteiger charge is 2.44.